The highest BCUT2D eigenvalue weighted by molar-refractivity contribution is 5.66. The Labute approximate surface area is 111 Å². The van der Waals surface area contributed by atoms with Crippen LogP contribution in [0.5, 0.6) is 0 Å². The molecule has 5 nitrogen and oxygen atoms in total. The molecule has 0 fully saturated rings. The maximum atomic E-state index is 11.0. The van der Waals surface area contributed by atoms with Crippen molar-refractivity contribution in [3.8, 4) is 0 Å². The Balaban J connectivity index is 2.19. The lowest BCUT2D eigenvalue weighted by atomic mass is 10.1. The molecule has 1 N–H and O–H groups in total. The average Bonchev–Trinajstić information content (AvgIpc) is 2.39. The summed E-state index contributed by atoms with van der Waals surface area (Å²) >= 11 is 0. The van der Waals surface area contributed by atoms with Gasteiger partial charge in [0, 0.05) is 24.5 Å². The van der Waals surface area contributed by atoms with E-state index in [1.807, 2.05) is 32.0 Å². The molecule has 19 heavy (non-hydrogen) atoms. The quantitative estimate of drug-likeness (QED) is 0.674. The van der Waals surface area contributed by atoms with Crippen molar-refractivity contribution in [1.29, 1.82) is 0 Å². The fraction of sp³-hybridized carbons (Fsp3) is 0.214. The van der Waals surface area contributed by atoms with E-state index < -0.39 is 0 Å². The first kappa shape index (κ1) is 13.0. The van der Waals surface area contributed by atoms with Gasteiger partial charge in [-0.05, 0) is 31.0 Å². The van der Waals surface area contributed by atoms with Crippen molar-refractivity contribution in [3.05, 3.63) is 63.5 Å². The predicted octanol–water partition coefficient (Wildman–Crippen LogP) is 3.22. The molecule has 1 aromatic heterocycles. The first-order chi connectivity index (χ1) is 9.08. The Morgan fingerprint density at radius 1 is 1.26 bits per heavy atom. The van der Waals surface area contributed by atoms with Crippen molar-refractivity contribution in [1.82, 2.24) is 4.98 Å². The van der Waals surface area contributed by atoms with E-state index in [2.05, 4.69) is 10.3 Å². The van der Waals surface area contributed by atoms with E-state index in [4.69, 9.17) is 0 Å². The predicted molar refractivity (Wildman–Crippen MR) is 74.1 cm³/mol. The second-order valence-electron chi connectivity index (χ2n) is 4.39. The number of benzene rings is 1. The van der Waals surface area contributed by atoms with E-state index in [9.17, 15) is 10.1 Å². The van der Waals surface area contributed by atoms with Gasteiger partial charge in [0.1, 0.15) is 5.69 Å². The number of para-hydroxylation sites is 1. The lowest BCUT2D eigenvalue weighted by Crippen LogP contribution is -2.04. The monoisotopic (exact) mass is 257 g/mol. The number of hydrogen-bond acceptors (Lipinski definition) is 4. The van der Waals surface area contributed by atoms with Gasteiger partial charge in [0.2, 0.25) is 0 Å². The number of nitro groups is 1. The van der Waals surface area contributed by atoms with Gasteiger partial charge >= 0.3 is 0 Å². The number of rotatable bonds is 4. The van der Waals surface area contributed by atoms with Gasteiger partial charge in [-0.1, -0.05) is 18.2 Å². The van der Waals surface area contributed by atoms with Gasteiger partial charge in [-0.15, -0.1) is 0 Å². The number of hydrogen-bond donors (Lipinski definition) is 1. The number of nitrogens with one attached hydrogen (secondary N) is 1. The van der Waals surface area contributed by atoms with Crippen LogP contribution in [0.3, 0.4) is 0 Å². The smallest absolute Gasteiger partial charge is 0.292 e. The van der Waals surface area contributed by atoms with Crippen molar-refractivity contribution >= 4 is 11.4 Å². The Kier molecular flexibility index (Phi) is 3.75. The number of pyridine rings is 1. The minimum Gasteiger partial charge on any atom is -0.375 e. The zero-order valence-electron chi connectivity index (χ0n) is 10.9. The molecule has 0 spiro atoms. The van der Waals surface area contributed by atoms with Crippen LogP contribution in [-0.2, 0) is 6.54 Å². The molecule has 2 rings (SSSR count). The van der Waals surface area contributed by atoms with Crippen molar-refractivity contribution in [2.75, 3.05) is 5.32 Å². The summed E-state index contributed by atoms with van der Waals surface area (Å²) in [5.41, 5.74) is 3.45. The van der Waals surface area contributed by atoms with Gasteiger partial charge < -0.3 is 5.32 Å². The Bertz CT molecular complexity index is 594. The van der Waals surface area contributed by atoms with Crippen LogP contribution >= 0.6 is 0 Å². The summed E-state index contributed by atoms with van der Waals surface area (Å²) in [6.45, 7) is 4.28. The minimum absolute atomic E-state index is 0.0973. The fourth-order valence-corrected chi connectivity index (χ4v) is 1.83. The van der Waals surface area contributed by atoms with Crippen molar-refractivity contribution in [3.63, 3.8) is 0 Å². The van der Waals surface area contributed by atoms with Gasteiger partial charge in [-0.3, -0.25) is 15.1 Å². The maximum absolute atomic E-state index is 11.0. The standard InChI is InChI=1S/C14H15N3O2/c1-10-4-3-5-13(17(18)19)14(10)16-9-12-7-6-11(2)15-8-12/h3-8,16H,9H2,1-2H3. The molecule has 0 saturated carbocycles. The highest BCUT2D eigenvalue weighted by atomic mass is 16.6. The maximum Gasteiger partial charge on any atom is 0.292 e. The number of anilines is 1. The second-order valence-corrected chi connectivity index (χ2v) is 4.39. The Hall–Kier alpha value is -2.43. The summed E-state index contributed by atoms with van der Waals surface area (Å²) in [7, 11) is 0. The van der Waals surface area contributed by atoms with Crippen LogP contribution in [0.25, 0.3) is 0 Å². The molecule has 0 aliphatic carbocycles. The lowest BCUT2D eigenvalue weighted by molar-refractivity contribution is -0.384. The summed E-state index contributed by atoms with van der Waals surface area (Å²) in [5, 5.41) is 14.1. The number of nitro benzene ring substituents is 1. The minimum atomic E-state index is -0.372. The van der Waals surface area contributed by atoms with E-state index in [1.54, 1.807) is 12.3 Å². The molecule has 0 bridgehead atoms. The third kappa shape index (κ3) is 3.07. The third-order valence-corrected chi connectivity index (χ3v) is 2.89. The zero-order valence-corrected chi connectivity index (χ0v) is 10.9. The van der Waals surface area contributed by atoms with Gasteiger partial charge in [0.15, 0.2) is 0 Å². The molecule has 0 aliphatic rings. The molecule has 98 valence electrons. The highest BCUT2D eigenvalue weighted by Gasteiger charge is 2.14. The van der Waals surface area contributed by atoms with Crippen LogP contribution in [-0.4, -0.2) is 9.91 Å². The molecule has 0 aliphatic heterocycles. The van der Waals surface area contributed by atoms with Gasteiger partial charge in [0.25, 0.3) is 5.69 Å². The van der Waals surface area contributed by atoms with Crippen molar-refractivity contribution in [2.45, 2.75) is 20.4 Å². The zero-order chi connectivity index (χ0) is 13.8. The molecular weight excluding hydrogens is 242 g/mol. The molecule has 0 unspecified atom stereocenters. The molecule has 2 aromatic rings. The van der Waals surface area contributed by atoms with E-state index in [-0.39, 0.29) is 10.6 Å². The third-order valence-electron chi connectivity index (χ3n) is 2.89. The molecule has 1 heterocycles. The lowest BCUT2D eigenvalue weighted by Gasteiger charge is -2.09. The van der Waals surface area contributed by atoms with Crippen LogP contribution in [0.4, 0.5) is 11.4 Å². The Morgan fingerprint density at radius 3 is 2.68 bits per heavy atom. The number of aromatic nitrogens is 1. The fourth-order valence-electron chi connectivity index (χ4n) is 1.83. The van der Waals surface area contributed by atoms with Crippen LogP contribution in [0.1, 0.15) is 16.8 Å². The highest BCUT2D eigenvalue weighted by Crippen LogP contribution is 2.27. The van der Waals surface area contributed by atoms with E-state index in [0.29, 0.717) is 12.2 Å². The number of aryl methyl sites for hydroxylation is 2. The summed E-state index contributed by atoms with van der Waals surface area (Å²) in [5.74, 6) is 0. The average molecular weight is 257 g/mol. The summed E-state index contributed by atoms with van der Waals surface area (Å²) in [6, 6.07) is 8.92. The molecule has 0 amide bonds. The SMILES string of the molecule is Cc1ccc(CNc2c(C)cccc2[N+](=O)[O-])cn1. The van der Waals surface area contributed by atoms with Gasteiger partial charge in [-0.2, -0.15) is 0 Å². The Morgan fingerprint density at radius 2 is 2.05 bits per heavy atom. The first-order valence-electron chi connectivity index (χ1n) is 5.97. The van der Waals surface area contributed by atoms with Crippen LogP contribution < -0.4 is 5.32 Å². The van der Waals surface area contributed by atoms with Crippen LogP contribution in [0.2, 0.25) is 0 Å². The molecule has 1 aromatic carbocycles. The van der Waals surface area contributed by atoms with Gasteiger partial charge in [-0.25, -0.2) is 0 Å². The molecular formula is C14H15N3O2. The number of nitrogens with zero attached hydrogens (tertiary/aromatic N) is 2. The molecule has 5 heteroatoms. The van der Waals surface area contributed by atoms with Crippen LogP contribution in [0.15, 0.2) is 36.5 Å². The molecule has 0 saturated heterocycles. The molecule has 0 radical (unpaired) electrons. The summed E-state index contributed by atoms with van der Waals surface area (Å²) < 4.78 is 0. The summed E-state index contributed by atoms with van der Waals surface area (Å²) in [4.78, 5) is 14.8. The van der Waals surface area contributed by atoms with E-state index >= 15 is 0 Å². The largest absolute Gasteiger partial charge is 0.375 e. The first-order valence-corrected chi connectivity index (χ1v) is 5.97. The van der Waals surface area contributed by atoms with E-state index in [0.717, 1.165) is 16.8 Å². The van der Waals surface area contributed by atoms with Crippen molar-refractivity contribution < 1.29 is 4.92 Å². The summed E-state index contributed by atoms with van der Waals surface area (Å²) in [6.07, 6.45) is 1.77. The van der Waals surface area contributed by atoms with Crippen LogP contribution in [0, 0.1) is 24.0 Å². The second kappa shape index (κ2) is 5.48. The normalized spacial score (nSPS) is 10.2. The van der Waals surface area contributed by atoms with Crippen molar-refractivity contribution in [2.24, 2.45) is 0 Å². The topological polar surface area (TPSA) is 68.1 Å². The van der Waals surface area contributed by atoms with E-state index in [1.165, 1.54) is 6.07 Å². The molecule has 0 atom stereocenters. The van der Waals surface area contributed by atoms with Gasteiger partial charge in [0.05, 0.1) is 4.92 Å².